The molecule has 28 heavy (non-hydrogen) atoms. The summed E-state index contributed by atoms with van der Waals surface area (Å²) in [6.07, 6.45) is 0.835. The second-order valence-electron chi connectivity index (χ2n) is 7.56. The first-order chi connectivity index (χ1) is 13.4. The zero-order valence-electron chi connectivity index (χ0n) is 16.7. The third-order valence-corrected chi connectivity index (χ3v) is 4.69. The Morgan fingerprint density at radius 2 is 1.93 bits per heavy atom. The van der Waals surface area contributed by atoms with Crippen molar-refractivity contribution in [3.05, 3.63) is 65.2 Å². The van der Waals surface area contributed by atoms with Gasteiger partial charge in [-0.15, -0.1) is 0 Å². The van der Waals surface area contributed by atoms with Crippen LogP contribution in [-0.2, 0) is 6.54 Å². The molecule has 1 amide bonds. The molecule has 1 unspecified atom stereocenters. The summed E-state index contributed by atoms with van der Waals surface area (Å²) in [6.45, 7) is 7.51. The standard InChI is InChI=1S/C22H28N4O2/c1-4-24-21(25-14-15-9-11-16(12-10-15)20(23)27)26-18-13-22(2,3)28-19-8-6-5-7-17(18)19/h5-12,18H,4,13-14H2,1-3H3,(H2,23,27)(H2,24,25,26). The molecule has 0 radical (unpaired) electrons. The first-order valence-corrected chi connectivity index (χ1v) is 9.59. The Morgan fingerprint density at radius 3 is 2.61 bits per heavy atom. The highest BCUT2D eigenvalue weighted by molar-refractivity contribution is 5.92. The monoisotopic (exact) mass is 380 g/mol. The van der Waals surface area contributed by atoms with Crippen molar-refractivity contribution in [2.24, 2.45) is 10.7 Å². The number of fused-ring (bicyclic) bond motifs is 1. The predicted molar refractivity (Wildman–Crippen MR) is 111 cm³/mol. The molecule has 0 aromatic heterocycles. The van der Waals surface area contributed by atoms with Crippen molar-refractivity contribution in [2.45, 2.75) is 45.4 Å². The van der Waals surface area contributed by atoms with Crippen molar-refractivity contribution < 1.29 is 9.53 Å². The predicted octanol–water partition coefficient (Wildman–Crippen LogP) is 3.14. The quantitative estimate of drug-likeness (QED) is 0.549. The zero-order valence-corrected chi connectivity index (χ0v) is 16.7. The van der Waals surface area contributed by atoms with Gasteiger partial charge in [-0.2, -0.15) is 0 Å². The normalized spacial score (nSPS) is 18.0. The molecule has 1 heterocycles. The van der Waals surface area contributed by atoms with Crippen molar-refractivity contribution in [2.75, 3.05) is 6.54 Å². The number of hydrogen-bond donors (Lipinski definition) is 3. The van der Waals surface area contributed by atoms with Gasteiger partial charge in [-0.05, 0) is 44.5 Å². The van der Waals surface area contributed by atoms with Gasteiger partial charge in [-0.25, -0.2) is 4.99 Å². The van der Waals surface area contributed by atoms with Crippen LogP contribution in [0, 0.1) is 0 Å². The number of primary amides is 1. The Bertz CT molecular complexity index is 859. The highest BCUT2D eigenvalue weighted by atomic mass is 16.5. The third kappa shape index (κ3) is 4.82. The number of para-hydroxylation sites is 1. The molecule has 6 heteroatoms. The molecule has 1 atom stereocenters. The van der Waals surface area contributed by atoms with E-state index in [9.17, 15) is 4.79 Å². The second-order valence-corrected chi connectivity index (χ2v) is 7.56. The summed E-state index contributed by atoms with van der Waals surface area (Å²) < 4.78 is 6.11. The summed E-state index contributed by atoms with van der Waals surface area (Å²) in [7, 11) is 0. The minimum atomic E-state index is -0.425. The van der Waals surface area contributed by atoms with E-state index in [1.54, 1.807) is 12.1 Å². The summed E-state index contributed by atoms with van der Waals surface area (Å²) in [5.74, 6) is 1.24. The van der Waals surface area contributed by atoms with Gasteiger partial charge >= 0.3 is 0 Å². The Morgan fingerprint density at radius 1 is 1.21 bits per heavy atom. The molecular formula is C22H28N4O2. The summed E-state index contributed by atoms with van der Waals surface area (Å²) in [5.41, 5.74) is 7.68. The fourth-order valence-electron chi connectivity index (χ4n) is 3.36. The molecule has 0 aliphatic carbocycles. The van der Waals surface area contributed by atoms with Crippen LogP contribution < -0.4 is 21.1 Å². The van der Waals surface area contributed by atoms with Crippen LogP contribution in [0.5, 0.6) is 5.75 Å². The van der Waals surface area contributed by atoms with Gasteiger partial charge in [0, 0.05) is 24.1 Å². The molecule has 4 N–H and O–H groups in total. The third-order valence-electron chi connectivity index (χ3n) is 4.69. The molecule has 2 aromatic rings. The Balaban J connectivity index is 1.77. The SMILES string of the molecule is CCNC(=NCc1ccc(C(N)=O)cc1)NC1CC(C)(C)Oc2ccccc21. The minimum Gasteiger partial charge on any atom is -0.487 e. The van der Waals surface area contributed by atoms with Crippen molar-refractivity contribution >= 4 is 11.9 Å². The van der Waals surface area contributed by atoms with Gasteiger partial charge < -0.3 is 21.1 Å². The number of nitrogens with zero attached hydrogens (tertiary/aromatic N) is 1. The molecule has 3 rings (SSSR count). The topological polar surface area (TPSA) is 88.7 Å². The Hall–Kier alpha value is -3.02. The molecule has 0 bridgehead atoms. The number of carbonyl (C=O) groups is 1. The molecule has 0 spiro atoms. The number of ether oxygens (including phenoxy) is 1. The fraction of sp³-hybridized carbons (Fsp3) is 0.364. The molecule has 0 saturated carbocycles. The molecule has 148 valence electrons. The van der Waals surface area contributed by atoms with Crippen LogP contribution in [0.1, 0.15) is 54.7 Å². The molecule has 0 fully saturated rings. The first-order valence-electron chi connectivity index (χ1n) is 9.59. The number of guanidine groups is 1. The lowest BCUT2D eigenvalue weighted by Crippen LogP contribution is -2.45. The van der Waals surface area contributed by atoms with Crippen LogP contribution in [0.25, 0.3) is 0 Å². The number of rotatable bonds is 5. The van der Waals surface area contributed by atoms with Gasteiger partial charge in [0.25, 0.3) is 0 Å². The van der Waals surface area contributed by atoms with E-state index in [0.717, 1.165) is 35.8 Å². The molecule has 0 saturated heterocycles. The summed E-state index contributed by atoms with van der Waals surface area (Å²) in [6, 6.07) is 15.4. The maximum atomic E-state index is 11.2. The summed E-state index contributed by atoms with van der Waals surface area (Å²) >= 11 is 0. The lowest BCUT2D eigenvalue weighted by Gasteiger charge is -2.38. The smallest absolute Gasteiger partial charge is 0.248 e. The largest absolute Gasteiger partial charge is 0.487 e. The highest BCUT2D eigenvalue weighted by Gasteiger charge is 2.33. The average Bonchev–Trinajstić information content (AvgIpc) is 2.65. The van der Waals surface area contributed by atoms with Crippen LogP contribution in [0.2, 0.25) is 0 Å². The van der Waals surface area contributed by atoms with E-state index in [1.807, 2.05) is 37.3 Å². The maximum Gasteiger partial charge on any atom is 0.248 e. The number of aliphatic imine (C=N–C) groups is 1. The Labute approximate surface area is 166 Å². The van der Waals surface area contributed by atoms with Crippen molar-refractivity contribution in [3.63, 3.8) is 0 Å². The molecular weight excluding hydrogens is 352 g/mol. The van der Waals surface area contributed by atoms with E-state index in [-0.39, 0.29) is 11.6 Å². The molecule has 2 aromatic carbocycles. The van der Waals surface area contributed by atoms with Crippen molar-refractivity contribution in [1.82, 2.24) is 10.6 Å². The minimum absolute atomic E-state index is 0.106. The van der Waals surface area contributed by atoms with E-state index >= 15 is 0 Å². The lowest BCUT2D eigenvalue weighted by atomic mass is 9.90. The summed E-state index contributed by atoms with van der Waals surface area (Å²) in [5, 5.41) is 6.87. The van der Waals surface area contributed by atoms with Gasteiger partial charge in [0.15, 0.2) is 5.96 Å². The number of nitrogens with two attached hydrogens (primary N) is 1. The average molecular weight is 380 g/mol. The van der Waals surface area contributed by atoms with Crippen molar-refractivity contribution in [1.29, 1.82) is 0 Å². The maximum absolute atomic E-state index is 11.2. The van der Waals surface area contributed by atoms with Gasteiger partial charge in [-0.3, -0.25) is 4.79 Å². The molecule has 1 aliphatic heterocycles. The van der Waals surface area contributed by atoms with Crippen LogP contribution in [-0.4, -0.2) is 24.0 Å². The molecule has 6 nitrogen and oxygen atoms in total. The van der Waals surface area contributed by atoms with Crippen LogP contribution in [0.15, 0.2) is 53.5 Å². The van der Waals surface area contributed by atoms with E-state index in [4.69, 9.17) is 15.5 Å². The molecule has 1 aliphatic rings. The van der Waals surface area contributed by atoms with E-state index in [2.05, 4.69) is 30.5 Å². The van der Waals surface area contributed by atoms with E-state index in [1.165, 1.54) is 0 Å². The summed E-state index contributed by atoms with van der Waals surface area (Å²) in [4.78, 5) is 15.9. The van der Waals surface area contributed by atoms with Gasteiger partial charge in [0.05, 0.1) is 12.6 Å². The van der Waals surface area contributed by atoms with Crippen LogP contribution in [0.4, 0.5) is 0 Å². The van der Waals surface area contributed by atoms with Crippen LogP contribution in [0.3, 0.4) is 0 Å². The number of amides is 1. The second kappa shape index (κ2) is 8.33. The number of nitrogens with one attached hydrogen (secondary N) is 2. The fourth-order valence-corrected chi connectivity index (χ4v) is 3.36. The number of carbonyl (C=O) groups excluding carboxylic acids is 1. The van der Waals surface area contributed by atoms with Gasteiger partial charge in [-0.1, -0.05) is 30.3 Å². The van der Waals surface area contributed by atoms with Gasteiger partial charge in [0.1, 0.15) is 11.4 Å². The van der Waals surface area contributed by atoms with Crippen molar-refractivity contribution in [3.8, 4) is 5.75 Å². The lowest BCUT2D eigenvalue weighted by molar-refractivity contribution is 0.0694. The first kappa shape index (κ1) is 19.7. The number of hydrogen-bond acceptors (Lipinski definition) is 3. The zero-order chi connectivity index (χ0) is 20.1. The number of benzene rings is 2. The van der Waals surface area contributed by atoms with E-state index < -0.39 is 5.91 Å². The highest BCUT2D eigenvalue weighted by Crippen LogP contribution is 2.39. The Kier molecular flexibility index (Phi) is 5.87. The van der Waals surface area contributed by atoms with Crippen LogP contribution >= 0.6 is 0 Å². The van der Waals surface area contributed by atoms with E-state index in [0.29, 0.717) is 12.1 Å². The van der Waals surface area contributed by atoms with Gasteiger partial charge in [0.2, 0.25) is 5.91 Å².